The second-order valence-electron chi connectivity index (χ2n) is 8.42. The maximum Gasteiger partial charge on any atom is 0.227 e. The SMILES string of the molecule is CCOc1ccc(CC(=O)N2C[C@H]3CCCC(=O)N(Cc4cccc(F)c4)[C@H]3C2)cc1. The van der Waals surface area contributed by atoms with Gasteiger partial charge in [0.05, 0.1) is 19.1 Å². The fourth-order valence-electron chi connectivity index (χ4n) is 4.73. The van der Waals surface area contributed by atoms with Gasteiger partial charge in [-0.1, -0.05) is 24.3 Å². The lowest BCUT2D eigenvalue weighted by molar-refractivity contribution is -0.135. The van der Waals surface area contributed by atoms with E-state index in [4.69, 9.17) is 4.74 Å². The summed E-state index contributed by atoms with van der Waals surface area (Å²) in [5.41, 5.74) is 1.74. The van der Waals surface area contributed by atoms with Crippen molar-refractivity contribution in [1.82, 2.24) is 9.80 Å². The molecule has 5 nitrogen and oxygen atoms in total. The summed E-state index contributed by atoms with van der Waals surface area (Å²) in [6.45, 7) is 4.15. The zero-order chi connectivity index (χ0) is 21.8. The summed E-state index contributed by atoms with van der Waals surface area (Å²) in [5, 5.41) is 0. The number of amides is 2. The Labute approximate surface area is 182 Å². The molecule has 4 rings (SSSR count). The minimum atomic E-state index is -0.296. The average Bonchev–Trinajstić information content (AvgIpc) is 3.12. The Balaban J connectivity index is 1.44. The highest BCUT2D eigenvalue weighted by atomic mass is 19.1. The van der Waals surface area contributed by atoms with Crippen molar-refractivity contribution in [2.45, 2.75) is 45.2 Å². The van der Waals surface area contributed by atoms with E-state index in [9.17, 15) is 14.0 Å². The molecule has 2 saturated heterocycles. The molecule has 0 radical (unpaired) electrons. The zero-order valence-electron chi connectivity index (χ0n) is 17.9. The van der Waals surface area contributed by atoms with Crippen LogP contribution in [0.4, 0.5) is 4.39 Å². The Morgan fingerprint density at radius 1 is 1.13 bits per heavy atom. The molecule has 0 aromatic heterocycles. The predicted molar refractivity (Wildman–Crippen MR) is 116 cm³/mol. The van der Waals surface area contributed by atoms with Crippen molar-refractivity contribution in [3.05, 3.63) is 65.5 Å². The number of hydrogen-bond donors (Lipinski definition) is 0. The van der Waals surface area contributed by atoms with Gasteiger partial charge in [0.2, 0.25) is 11.8 Å². The molecule has 0 bridgehead atoms. The van der Waals surface area contributed by atoms with Crippen LogP contribution in [0, 0.1) is 11.7 Å². The molecule has 2 aromatic rings. The first-order valence-corrected chi connectivity index (χ1v) is 11.1. The van der Waals surface area contributed by atoms with Crippen LogP contribution in [0.1, 0.15) is 37.3 Å². The molecule has 2 fully saturated rings. The van der Waals surface area contributed by atoms with Gasteiger partial charge in [0.1, 0.15) is 11.6 Å². The highest BCUT2D eigenvalue weighted by Gasteiger charge is 2.41. The van der Waals surface area contributed by atoms with Crippen LogP contribution in [-0.2, 0) is 22.6 Å². The summed E-state index contributed by atoms with van der Waals surface area (Å²) in [6, 6.07) is 14.0. The van der Waals surface area contributed by atoms with Gasteiger partial charge in [-0.2, -0.15) is 0 Å². The molecule has 2 amide bonds. The van der Waals surface area contributed by atoms with Crippen LogP contribution in [0.2, 0.25) is 0 Å². The van der Waals surface area contributed by atoms with Crippen LogP contribution >= 0.6 is 0 Å². The van der Waals surface area contributed by atoms with Crippen LogP contribution in [-0.4, -0.2) is 47.4 Å². The maximum atomic E-state index is 13.6. The lowest BCUT2D eigenvalue weighted by Crippen LogP contribution is -2.43. The molecule has 2 aliphatic heterocycles. The smallest absolute Gasteiger partial charge is 0.227 e. The lowest BCUT2D eigenvalue weighted by Gasteiger charge is -2.30. The van der Waals surface area contributed by atoms with E-state index >= 15 is 0 Å². The molecule has 0 aliphatic carbocycles. The summed E-state index contributed by atoms with van der Waals surface area (Å²) in [4.78, 5) is 29.6. The van der Waals surface area contributed by atoms with E-state index < -0.39 is 0 Å². The maximum absolute atomic E-state index is 13.6. The van der Waals surface area contributed by atoms with E-state index in [2.05, 4.69) is 0 Å². The fraction of sp³-hybridized carbons (Fsp3) is 0.440. The van der Waals surface area contributed by atoms with Gasteiger partial charge in [0.15, 0.2) is 0 Å². The molecule has 0 N–H and O–H groups in total. The Kier molecular flexibility index (Phi) is 6.54. The number of fused-ring (bicyclic) bond motifs is 1. The van der Waals surface area contributed by atoms with Gasteiger partial charge in [-0.25, -0.2) is 4.39 Å². The lowest BCUT2D eigenvalue weighted by atomic mass is 9.98. The largest absolute Gasteiger partial charge is 0.494 e. The van der Waals surface area contributed by atoms with E-state index in [-0.39, 0.29) is 29.6 Å². The number of likely N-dealkylation sites (tertiary alicyclic amines) is 2. The minimum absolute atomic E-state index is 0.0115. The summed E-state index contributed by atoms with van der Waals surface area (Å²) in [7, 11) is 0. The standard InChI is InChI=1S/C25H29FN2O3/c1-2-31-22-11-9-18(10-12-22)14-25(30)27-16-20-6-4-8-24(29)28(23(20)17-27)15-19-5-3-7-21(26)13-19/h3,5,7,9-13,20,23H,2,4,6,8,14-17H2,1H3/t20-,23+/m1/s1. The highest BCUT2D eigenvalue weighted by Crippen LogP contribution is 2.32. The highest BCUT2D eigenvalue weighted by molar-refractivity contribution is 5.80. The minimum Gasteiger partial charge on any atom is -0.494 e. The third-order valence-electron chi connectivity index (χ3n) is 6.28. The van der Waals surface area contributed by atoms with Gasteiger partial charge in [-0.05, 0) is 61.1 Å². The molecule has 2 atom stereocenters. The van der Waals surface area contributed by atoms with Crippen molar-refractivity contribution in [2.24, 2.45) is 5.92 Å². The van der Waals surface area contributed by atoms with Crippen molar-refractivity contribution < 1.29 is 18.7 Å². The van der Waals surface area contributed by atoms with Crippen molar-refractivity contribution in [2.75, 3.05) is 19.7 Å². The molecule has 31 heavy (non-hydrogen) atoms. The first-order valence-electron chi connectivity index (χ1n) is 11.1. The second kappa shape index (κ2) is 9.50. The van der Waals surface area contributed by atoms with Gasteiger partial charge in [-0.3, -0.25) is 9.59 Å². The number of ether oxygens (including phenoxy) is 1. The van der Waals surface area contributed by atoms with Crippen molar-refractivity contribution >= 4 is 11.8 Å². The van der Waals surface area contributed by atoms with Crippen LogP contribution < -0.4 is 4.74 Å². The van der Waals surface area contributed by atoms with E-state index in [0.29, 0.717) is 39.1 Å². The third-order valence-corrected chi connectivity index (χ3v) is 6.28. The number of carbonyl (C=O) groups is 2. The van der Waals surface area contributed by atoms with Gasteiger partial charge in [0, 0.05) is 26.1 Å². The summed E-state index contributed by atoms with van der Waals surface area (Å²) < 4.78 is 19.1. The van der Waals surface area contributed by atoms with E-state index in [0.717, 1.165) is 29.7 Å². The van der Waals surface area contributed by atoms with Crippen LogP contribution in [0.15, 0.2) is 48.5 Å². The van der Waals surface area contributed by atoms with Crippen LogP contribution in [0.3, 0.4) is 0 Å². The number of halogens is 1. The van der Waals surface area contributed by atoms with Crippen molar-refractivity contribution in [3.8, 4) is 5.75 Å². The van der Waals surface area contributed by atoms with Crippen LogP contribution in [0.5, 0.6) is 5.75 Å². The van der Waals surface area contributed by atoms with Crippen molar-refractivity contribution in [3.63, 3.8) is 0 Å². The normalized spacial score (nSPS) is 21.0. The molecule has 164 valence electrons. The van der Waals surface area contributed by atoms with Crippen LogP contribution in [0.25, 0.3) is 0 Å². The number of nitrogens with zero attached hydrogens (tertiary/aromatic N) is 2. The van der Waals surface area contributed by atoms with E-state index in [1.807, 2.05) is 47.1 Å². The Bertz CT molecular complexity index is 931. The van der Waals surface area contributed by atoms with Gasteiger partial charge >= 0.3 is 0 Å². The first kappa shape index (κ1) is 21.3. The number of benzene rings is 2. The topological polar surface area (TPSA) is 49.9 Å². The summed E-state index contributed by atoms with van der Waals surface area (Å²) >= 11 is 0. The second-order valence-corrected chi connectivity index (χ2v) is 8.42. The quantitative estimate of drug-likeness (QED) is 0.709. The Morgan fingerprint density at radius 2 is 1.94 bits per heavy atom. The van der Waals surface area contributed by atoms with E-state index in [1.54, 1.807) is 6.07 Å². The Morgan fingerprint density at radius 3 is 2.68 bits per heavy atom. The first-order chi connectivity index (χ1) is 15.0. The molecule has 6 heteroatoms. The number of hydrogen-bond acceptors (Lipinski definition) is 3. The van der Waals surface area contributed by atoms with Crippen molar-refractivity contribution in [1.29, 1.82) is 0 Å². The predicted octanol–water partition coefficient (Wildman–Crippen LogP) is 3.81. The molecule has 0 unspecified atom stereocenters. The molecular weight excluding hydrogens is 395 g/mol. The Hall–Kier alpha value is -2.89. The summed E-state index contributed by atoms with van der Waals surface area (Å²) in [5.74, 6) is 0.945. The average molecular weight is 425 g/mol. The molecule has 2 aliphatic rings. The zero-order valence-corrected chi connectivity index (χ0v) is 17.9. The number of rotatable bonds is 6. The van der Waals surface area contributed by atoms with Gasteiger partial charge in [0.25, 0.3) is 0 Å². The fourth-order valence-corrected chi connectivity index (χ4v) is 4.73. The summed E-state index contributed by atoms with van der Waals surface area (Å²) in [6.07, 6.45) is 2.62. The van der Waals surface area contributed by atoms with E-state index in [1.165, 1.54) is 12.1 Å². The van der Waals surface area contributed by atoms with Gasteiger partial charge in [-0.15, -0.1) is 0 Å². The monoisotopic (exact) mass is 424 g/mol. The van der Waals surface area contributed by atoms with Gasteiger partial charge < -0.3 is 14.5 Å². The number of carbonyl (C=O) groups excluding carboxylic acids is 2. The third kappa shape index (κ3) is 5.06. The molecular formula is C25H29FN2O3. The molecule has 2 heterocycles. The molecule has 0 spiro atoms. The molecule has 0 saturated carbocycles. The molecule has 2 aromatic carbocycles.